The highest BCUT2D eigenvalue weighted by Gasteiger charge is 2.20. The molecule has 2 heterocycles. The van der Waals surface area contributed by atoms with E-state index in [2.05, 4.69) is 4.98 Å². The summed E-state index contributed by atoms with van der Waals surface area (Å²) in [4.78, 5) is 29.0. The zero-order valence-electron chi connectivity index (χ0n) is 11.7. The van der Waals surface area contributed by atoms with Crippen LogP contribution in [-0.2, 0) is 11.3 Å². The van der Waals surface area contributed by atoms with E-state index in [1.165, 1.54) is 22.5 Å². The topological polar surface area (TPSA) is 83.6 Å². The number of hydrogen-bond acceptors (Lipinski definition) is 5. The molecule has 2 aromatic heterocycles. The Morgan fingerprint density at radius 1 is 1.35 bits per heavy atom. The van der Waals surface area contributed by atoms with Gasteiger partial charge in [-0.3, -0.25) is 9.59 Å². The summed E-state index contributed by atoms with van der Waals surface area (Å²) in [6.45, 7) is -0.333. The summed E-state index contributed by atoms with van der Waals surface area (Å²) in [6.07, 6.45) is 1.48. The van der Waals surface area contributed by atoms with Gasteiger partial charge in [0.1, 0.15) is 12.3 Å². The van der Waals surface area contributed by atoms with Crippen LogP contribution in [0.15, 0.2) is 41.0 Å². The molecule has 0 spiro atoms. The number of aromatic nitrogens is 1. The van der Waals surface area contributed by atoms with Gasteiger partial charge >= 0.3 is 5.97 Å². The Kier molecular flexibility index (Phi) is 4.31. The van der Waals surface area contributed by atoms with Gasteiger partial charge in [-0.15, -0.1) is 11.3 Å². The number of thiazole rings is 1. The summed E-state index contributed by atoms with van der Waals surface area (Å²) in [5.74, 6) is -0.969. The molecule has 1 aromatic carbocycles. The number of carboxylic acids is 1. The third-order valence-electron chi connectivity index (χ3n) is 3.15. The second kappa shape index (κ2) is 6.39. The first-order valence-corrected chi connectivity index (χ1v) is 7.82. The second-order valence-corrected chi connectivity index (χ2v) is 6.40. The number of halogens is 1. The fourth-order valence-electron chi connectivity index (χ4n) is 2.17. The monoisotopic (exact) mass is 350 g/mol. The molecule has 0 radical (unpaired) electrons. The van der Waals surface area contributed by atoms with Crippen molar-refractivity contribution in [1.29, 1.82) is 0 Å². The van der Waals surface area contributed by atoms with Crippen LogP contribution in [-0.4, -0.2) is 33.4 Å². The number of carboxylic acid groups (broad SMARTS) is 1. The molecule has 0 aliphatic rings. The van der Waals surface area contributed by atoms with Gasteiger partial charge in [0.05, 0.1) is 23.0 Å². The number of rotatable bonds is 5. The van der Waals surface area contributed by atoms with E-state index in [1.807, 2.05) is 0 Å². The highest BCUT2D eigenvalue weighted by Crippen LogP contribution is 2.27. The SMILES string of the molecule is O=C(O)CN(Cc1ccco1)C(=O)c1ccc2nc(Cl)sc2c1. The van der Waals surface area contributed by atoms with Crippen LogP contribution < -0.4 is 0 Å². The summed E-state index contributed by atoms with van der Waals surface area (Å²) in [6, 6.07) is 8.34. The number of carbonyl (C=O) groups excluding carboxylic acids is 1. The minimum atomic E-state index is -1.09. The first-order chi connectivity index (χ1) is 11.0. The van der Waals surface area contributed by atoms with Crippen molar-refractivity contribution in [2.45, 2.75) is 6.54 Å². The van der Waals surface area contributed by atoms with E-state index in [4.69, 9.17) is 21.1 Å². The van der Waals surface area contributed by atoms with Gasteiger partial charge in [-0.25, -0.2) is 4.98 Å². The Morgan fingerprint density at radius 2 is 2.17 bits per heavy atom. The van der Waals surface area contributed by atoms with E-state index in [1.54, 1.807) is 30.3 Å². The zero-order chi connectivity index (χ0) is 16.4. The second-order valence-electron chi connectivity index (χ2n) is 4.78. The number of benzene rings is 1. The summed E-state index contributed by atoms with van der Waals surface area (Å²) in [5.41, 5.74) is 1.08. The zero-order valence-corrected chi connectivity index (χ0v) is 13.3. The maximum absolute atomic E-state index is 12.6. The minimum absolute atomic E-state index is 0.0830. The maximum atomic E-state index is 12.6. The van der Waals surface area contributed by atoms with Crippen molar-refractivity contribution in [3.8, 4) is 0 Å². The van der Waals surface area contributed by atoms with Crippen LogP contribution in [0.25, 0.3) is 10.2 Å². The normalized spacial score (nSPS) is 10.8. The highest BCUT2D eigenvalue weighted by atomic mass is 35.5. The van der Waals surface area contributed by atoms with Gasteiger partial charge in [-0.05, 0) is 30.3 Å². The summed E-state index contributed by atoms with van der Waals surface area (Å²) in [5, 5.41) is 9.03. The van der Waals surface area contributed by atoms with Gasteiger partial charge in [-0.2, -0.15) is 0 Å². The van der Waals surface area contributed by atoms with Gasteiger partial charge in [0, 0.05) is 5.56 Å². The standard InChI is InChI=1S/C15H11ClN2O4S/c16-15-17-11-4-3-9(6-12(11)23-15)14(21)18(8-13(19)20)7-10-2-1-5-22-10/h1-6H,7-8H2,(H,19,20). The highest BCUT2D eigenvalue weighted by molar-refractivity contribution is 7.22. The average Bonchev–Trinajstić information content (AvgIpc) is 3.12. The first-order valence-electron chi connectivity index (χ1n) is 6.62. The van der Waals surface area contributed by atoms with Crippen LogP contribution in [0, 0.1) is 0 Å². The molecule has 0 fully saturated rings. The van der Waals surface area contributed by atoms with Crippen molar-refractivity contribution in [2.75, 3.05) is 6.54 Å². The van der Waals surface area contributed by atoms with Crippen LogP contribution in [0.4, 0.5) is 0 Å². The molecule has 1 N–H and O–H groups in total. The molecule has 0 atom stereocenters. The van der Waals surface area contributed by atoms with Crippen molar-refractivity contribution in [1.82, 2.24) is 9.88 Å². The fourth-order valence-corrected chi connectivity index (χ4v) is 3.24. The molecule has 0 saturated carbocycles. The van der Waals surface area contributed by atoms with E-state index in [9.17, 15) is 9.59 Å². The summed E-state index contributed by atoms with van der Waals surface area (Å²) < 4.78 is 6.36. The van der Waals surface area contributed by atoms with Crippen LogP contribution in [0.3, 0.4) is 0 Å². The van der Waals surface area contributed by atoms with Crippen molar-refractivity contribution in [2.24, 2.45) is 0 Å². The predicted octanol–water partition coefficient (Wildman–Crippen LogP) is 3.27. The lowest BCUT2D eigenvalue weighted by atomic mass is 10.2. The van der Waals surface area contributed by atoms with Crippen LogP contribution in [0.1, 0.15) is 16.1 Å². The van der Waals surface area contributed by atoms with Crippen molar-refractivity contribution in [3.63, 3.8) is 0 Å². The van der Waals surface area contributed by atoms with Crippen LogP contribution >= 0.6 is 22.9 Å². The van der Waals surface area contributed by atoms with Gasteiger partial charge < -0.3 is 14.4 Å². The van der Waals surface area contributed by atoms with Crippen molar-refractivity contribution in [3.05, 3.63) is 52.4 Å². The largest absolute Gasteiger partial charge is 0.480 e. The van der Waals surface area contributed by atoms with E-state index in [-0.39, 0.29) is 6.54 Å². The van der Waals surface area contributed by atoms with Gasteiger partial charge in [0.25, 0.3) is 5.91 Å². The maximum Gasteiger partial charge on any atom is 0.323 e. The Morgan fingerprint density at radius 3 is 2.87 bits per heavy atom. The lowest BCUT2D eigenvalue weighted by molar-refractivity contribution is -0.137. The molecule has 0 bridgehead atoms. The summed E-state index contributed by atoms with van der Waals surface area (Å²) in [7, 11) is 0. The molecule has 0 aliphatic heterocycles. The molecular weight excluding hydrogens is 340 g/mol. The molecular formula is C15H11ClN2O4S. The number of amides is 1. The average molecular weight is 351 g/mol. The first kappa shape index (κ1) is 15.5. The van der Waals surface area contributed by atoms with Gasteiger partial charge in [-0.1, -0.05) is 11.6 Å². The van der Waals surface area contributed by atoms with Gasteiger partial charge in [0.15, 0.2) is 4.47 Å². The molecule has 0 unspecified atom stereocenters. The van der Waals surface area contributed by atoms with Crippen LogP contribution in [0.2, 0.25) is 4.47 Å². The molecule has 3 rings (SSSR count). The summed E-state index contributed by atoms with van der Waals surface area (Å²) >= 11 is 7.13. The third kappa shape index (κ3) is 3.52. The van der Waals surface area contributed by atoms with E-state index >= 15 is 0 Å². The molecule has 0 saturated heterocycles. The lowest BCUT2D eigenvalue weighted by Gasteiger charge is -2.19. The predicted molar refractivity (Wildman–Crippen MR) is 85.7 cm³/mol. The number of fused-ring (bicyclic) bond motifs is 1. The Bertz CT molecular complexity index is 860. The van der Waals surface area contributed by atoms with Crippen molar-refractivity contribution < 1.29 is 19.1 Å². The minimum Gasteiger partial charge on any atom is -0.480 e. The Labute approximate surface area is 139 Å². The van der Waals surface area contributed by atoms with E-state index in [0.717, 1.165) is 4.70 Å². The number of furan rings is 1. The Balaban J connectivity index is 1.89. The van der Waals surface area contributed by atoms with Gasteiger partial charge in [0.2, 0.25) is 0 Å². The molecule has 1 amide bonds. The fraction of sp³-hybridized carbons (Fsp3) is 0.133. The quantitative estimate of drug-likeness (QED) is 0.763. The van der Waals surface area contributed by atoms with E-state index < -0.39 is 18.4 Å². The molecule has 0 aliphatic carbocycles. The molecule has 118 valence electrons. The molecule has 8 heteroatoms. The number of carbonyl (C=O) groups is 2. The molecule has 6 nitrogen and oxygen atoms in total. The van der Waals surface area contributed by atoms with E-state index in [0.29, 0.717) is 21.3 Å². The lowest BCUT2D eigenvalue weighted by Crippen LogP contribution is -2.35. The number of hydrogen-bond donors (Lipinski definition) is 1. The third-order valence-corrected chi connectivity index (χ3v) is 4.27. The molecule has 3 aromatic rings. The number of nitrogens with zero attached hydrogens (tertiary/aromatic N) is 2. The van der Waals surface area contributed by atoms with Crippen LogP contribution in [0.5, 0.6) is 0 Å². The Hall–Kier alpha value is -2.38. The number of aliphatic carboxylic acids is 1. The molecule has 23 heavy (non-hydrogen) atoms. The smallest absolute Gasteiger partial charge is 0.323 e. The van der Waals surface area contributed by atoms with Crippen molar-refractivity contribution >= 4 is 45.0 Å².